The molecule has 0 unspecified atom stereocenters. The van der Waals surface area contributed by atoms with Crippen LogP contribution in [0.1, 0.15) is 13.8 Å². The van der Waals surface area contributed by atoms with E-state index in [0.29, 0.717) is 11.0 Å². The van der Waals surface area contributed by atoms with Gasteiger partial charge in [0.05, 0.1) is 10.8 Å². The maximum Gasteiger partial charge on any atom is 0.318 e. The van der Waals surface area contributed by atoms with Crippen molar-refractivity contribution in [3.63, 3.8) is 0 Å². The predicted octanol–water partition coefficient (Wildman–Crippen LogP) is 3.69. The number of carbonyl (C=O) groups excluding carboxylic acids is 2. The third kappa shape index (κ3) is 4.77. The summed E-state index contributed by atoms with van der Waals surface area (Å²) in [6.45, 7) is 3.78. The molecule has 0 radical (unpaired) electrons. The van der Waals surface area contributed by atoms with Gasteiger partial charge in [-0.25, -0.2) is 14.8 Å². The molecule has 0 fully saturated rings. The molecule has 1 aromatic heterocycles. The zero-order chi connectivity index (χ0) is 20.1. The number of amides is 3. The van der Waals surface area contributed by atoms with Gasteiger partial charge in [0.15, 0.2) is 5.16 Å². The Morgan fingerprint density at radius 1 is 1.00 bits per heavy atom. The summed E-state index contributed by atoms with van der Waals surface area (Å²) in [6, 6.07) is 16.5. The lowest BCUT2D eigenvalue weighted by molar-refractivity contribution is -0.120. The first-order valence-corrected chi connectivity index (χ1v) is 9.68. The number of urea groups is 1. The Bertz CT molecular complexity index is 994. The van der Waals surface area contributed by atoms with E-state index in [-0.39, 0.29) is 5.92 Å². The lowest BCUT2D eigenvalue weighted by Crippen LogP contribution is -2.42. The summed E-state index contributed by atoms with van der Waals surface area (Å²) in [4.78, 5) is 32.6. The van der Waals surface area contributed by atoms with Crippen molar-refractivity contribution in [3.8, 4) is 0 Å². The van der Waals surface area contributed by atoms with E-state index in [2.05, 4.69) is 20.6 Å². The van der Waals surface area contributed by atoms with Crippen LogP contribution in [0.15, 0.2) is 59.8 Å². The molecule has 4 N–H and O–H groups in total. The molecule has 0 saturated heterocycles. The molecule has 2 aromatic carbocycles. The van der Waals surface area contributed by atoms with Gasteiger partial charge in [-0.1, -0.05) is 55.9 Å². The first-order valence-electron chi connectivity index (χ1n) is 8.80. The second-order valence-corrected chi connectivity index (χ2v) is 7.61. The lowest BCUT2D eigenvalue weighted by atomic mass is 10.1. The highest BCUT2D eigenvalue weighted by Crippen LogP contribution is 2.31. The number of aromatic nitrogens is 2. The summed E-state index contributed by atoms with van der Waals surface area (Å²) in [5.74, 6) is 0.142. The van der Waals surface area contributed by atoms with Gasteiger partial charge in [0.1, 0.15) is 5.82 Å². The van der Waals surface area contributed by atoms with Crippen LogP contribution in [-0.2, 0) is 4.79 Å². The zero-order valence-corrected chi connectivity index (χ0v) is 16.4. The van der Waals surface area contributed by atoms with Gasteiger partial charge in [-0.15, -0.1) is 0 Å². The van der Waals surface area contributed by atoms with Gasteiger partial charge in [0.2, 0.25) is 5.91 Å². The summed E-state index contributed by atoms with van der Waals surface area (Å²) in [6.07, 6.45) is 0. The topological polar surface area (TPSA) is 110 Å². The second kappa shape index (κ2) is 8.71. The van der Waals surface area contributed by atoms with Crippen LogP contribution in [0.3, 0.4) is 0 Å². The van der Waals surface area contributed by atoms with Gasteiger partial charge in [0.25, 0.3) is 0 Å². The number of nitrogens with one attached hydrogen (secondary N) is 2. The Hall–Kier alpha value is -3.13. The van der Waals surface area contributed by atoms with Crippen LogP contribution >= 0.6 is 11.8 Å². The van der Waals surface area contributed by atoms with Crippen molar-refractivity contribution >= 4 is 46.1 Å². The minimum Gasteiger partial charge on any atom is -0.351 e. The van der Waals surface area contributed by atoms with Crippen molar-refractivity contribution in [2.45, 2.75) is 24.3 Å². The van der Waals surface area contributed by atoms with Crippen molar-refractivity contribution in [1.82, 2.24) is 15.3 Å². The normalized spacial score (nSPS) is 12.0. The van der Waals surface area contributed by atoms with E-state index in [9.17, 15) is 9.59 Å². The summed E-state index contributed by atoms with van der Waals surface area (Å²) in [5, 5.41) is 6.21. The van der Waals surface area contributed by atoms with E-state index in [4.69, 9.17) is 5.73 Å². The van der Waals surface area contributed by atoms with Gasteiger partial charge in [-0.3, -0.25) is 10.1 Å². The van der Waals surface area contributed by atoms with E-state index in [1.54, 1.807) is 0 Å². The summed E-state index contributed by atoms with van der Waals surface area (Å²) in [5.41, 5.74) is 6.75. The highest BCUT2D eigenvalue weighted by Gasteiger charge is 2.26. The monoisotopic (exact) mass is 395 g/mol. The summed E-state index contributed by atoms with van der Waals surface area (Å²) in [7, 11) is 0. The molecule has 1 heterocycles. The highest BCUT2D eigenvalue weighted by atomic mass is 32.2. The first kappa shape index (κ1) is 19.6. The summed E-state index contributed by atoms with van der Waals surface area (Å²) >= 11 is 1.20. The van der Waals surface area contributed by atoms with E-state index >= 15 is 0 Å². The van der Waals surface area contributed by atoms with E-state index in [0.717, 1.165) is 16.6 Å². The number of imide groups is 1. The molecule has 7 nitrogen and oxygen atoms in total. The number of hydrogen-bond donors (Lipinski definition) is 3. The predicted molar refractivity (Wildman–Crippen MR) is 111 cm³/mol. The molecule has 8 heteroatoms. The zero-order valence-electron chi connectivity index (χ0n) is 15.5. The number of fused-ring (bicyclic) bond motifs is 1. The number of carbonyl (C=O) groups is 2. The maximum absolute atomic E-state index is 12.3. The van der Waals surface area contributed by atoms with Gasteiger partial charge >= 0.3 is 6.03 Å². The third-order valence-corrected chi connectivity index (χ3v) is 5.37. The van der Waals surface area contributed by atoms with E-state index in [1.165, 1.54) is 11.8 Å². The van der Waals surface area contributed by atoms with Crippen LogP contribution in [0.4, 0.5) is 16.3 Å². The van der Waals surface area contributed by atoms with Crippen molar-refractivity contribution in [1.29, 1.82) is 0 Å². The molecule has 0 aliphatic carbocycles. The molecule has 0 aliphatic rings. The average molecular weight is 395 g/mol. The SMILES string of the molecule is CC(C)[C@H](Sc1nc(Nc2ccccc2)c2ccccc2n1)C(=O)NC(N)=O. The molecular formula is C20H21N5O2S. The maximum atomic E-state index is 12.3. The number of para-hydroxylation sites is 2. The molecule has 1 atom stereocenters. The lowest BCUT2D eigenvalue weighted by Gasteiger charge is -2.18. The minimum atomic E-state index is -0.873. The number of thioether (sulfide) groups is 1. The summed E-state index contributed by atoms with van der Waals surface area (Å²) < 4.78 is 0. The van der Waals surface area contributed by atoms with E-state index in [1.807, 2.05) is 68.4 Å². The highest BCUT2D eigenvalue weighted by molar-refractivity contribution is 8.00. The quantitative estimate of drug-likeness (QED) is 0.434. The van der Waals surface area contributed by atoms with E-state index < -0.39 is 17.2 Å². The van der Waals surface area contributed by atoms with Crippen LogP contribution in [0.25, 0.3) is 10.9 Å². The number of hydrogen-bond acceptors (Lipinski definition) is 6. The van der Waals surface area contributed by atoms with Crippen LogP contribution < -0.4 is 16.4 Å². The molecule has 3 rings (SSSR count). The van der Waals surface area contributed by atoms with Crippen LogP contribution in [0, 0.1) is 5.92 Å². The third-order valence-electron chi connectivity index (χ3n) is 3.96. The number of nitrogens with two attached hydrogens (primary N) is 1. The van der Waals surface area contributed by atoms with Crippen molar-refractivity contribution in [2.24, 2.45) is 11.7 Å². The Labute approximate surface area is 167 Å². The minimum absolute atomic E-state index is 0.0510. The molecule has 28 heavy (non-hydrogen) atoms. The fourth-order valence-electron chi connectivity index (χ4n) is 2.66. The number of nitrogens with zero attached hydrogens (tertiary/aromatic N) is 2. The van der Waals surface area contributed by atoms with Crippen LogP contribution in [0.2, 0.25) is 0 Å². The number of benzene rings is 2. The Morgan fingerprint density at radius 2 is 1.68 bits per heavy atom. The van der Waals surface area contributed by atoms with Gasteiger partial charge in [-0.05, 0) is 30.2 Å². The van der Waals surface area contributed by atoms with Crippen LogP contribution in [0.5, 0.6) is 0 Å². The molecular weight excluding hydrogens is 374 g/mol. The standard InChI is InChI=1S/C20H21N5O2S/c1-12(2)16(18(26)25-19(21)27)28-20-23-15-11-7-6-10-14(15)17(24-20)22-13-8-4-3-5-9-13/h3-12,16H,1-2H3,(H,22,23,24)(H3,21,25,26,27)/t16-/m0/s1. The molecule has 0 bridgehead atoms. The average Bonchev–Trinajstić information content (AvgIpc) is 2.66. The molecule has 144 valence electrons. The largest absolute Gasteiger partial charge is 0.351 e. The van der Waals surface area contributed by atoms with Crippen molar-refractivity contribution in [3.05, 3.63) is 54.6 Å². The Morgan fingerprint density at radius 3 is 2.36 bits per heavy atom. The van der Waals surface area contributed by atoms with Crippen molar-refractivity contribution in [2.75, 3.05) is 5.32 Å². The Kier molecular flexibility index (Phi) is 6.10. The molecule has 0 aliphatic heterocycles. The number of anilines is 2. The first-order chi connectivity index (χ1) is 13.4. The van der Waals surface area contributed by atoms with Gasteiger partial charge in [-0.2, -0.15) is 0 Å². The second-order valence-electron chi connectivity index (χ2n) is 6.50. The molecule has 0 spiro atoms. The molecule has 0 saturated carbocycles. The van der Waals surface area contributed by atoms with Gasteiger partial charge in [0, 0.05) is 11.1 Å². The van der Waals surface area contributed by atoms with Crippen molar-refractivity contribution < 1.29 is 9.59 Å². The molecule has 3 amide bonds. The van der Waals surface area contributed by atoms with Crippen LogP contribution in [-0.4, -0.2) is 27.2 Å². The smallest absolute Gasteiger partial charge is 0.318 e. The fourth-order valence-corrected chi connectivity index (χ4v) is 3.62. The molecule has 3 aromatic rings. The number of rotatable bonds is 6. The van der Waals surface area contributed by atoms with Gasteiger partial charge < -0.3 is 11.1 Å². The fraction of sp³-hybridized carbons (Fsp3) is 0.200. The Balaban J connectivity index is 1.96. The number of primary amides is 1.